The lowest BCUT2D eigenvalue weighted by atomic mass is 10.2. The summed E-state index contributed by atoms with van der Waals surface area (Å²) < 4.78 is 16.8. The number of pyridine rings is 1. The van der Waals surface area contributed by atoms with Crippen LogP contribution in [0.1, 0.15) is 27.8 Å². The summed E-state index contributed by atoms with van der Waals surface area (Å²) in [6, 6.07) is 8.57. The number of nitrogens with zero attached hydrogens (tertiary/aromatic N) is 2. The third-order valence-corrected chi connectivity index (χ3v) is 4.83. The van der Waals surface area contributed by atoms with E-state index in [0.29, 0.717) is 34.6 Å². The van der Waals surface area contributed by atoms with Gasteiger partial charge in [0.2, 0.25) is 0 Å². The van der Waals surface area contributed by atoms with Gasteiger partial charge in [0.25, 0.3) is 5.91 Å². The molecule has 0 spiro atoms. The minimum absolute atomic E-state index is 0.0466. The van der Waals surface area contributed by atoms with E-state index in [1.54, 1.807) is 56.3 Å². The third-order valence-electron chi connectivity index (χ3n) is 4.83. The van der Waals surface area contributed by atoms with Crippen LogP contribution >= 0.6 is 0 Å². The van der Waals surface area contributed by atoms with Crippen LogP contribution in [0.5, 0.6) is 5.75 Å². The van der Waals surface area contributed by atoms with Crippen molar-refractivity contribution in [2.75, 3.05) is 38.6 Å². The molecule has 9 nitrogen and oxygen atoms in total. The van der Waals surface area contributed by atoms with Crippen molar-refractivity contribution in [2.24, 2.45) is 7.05 Å². The second-order valence-electron chi connectivity index (χ2n) is 7.05. The molecule has 1 aromatic carbocycles. The van der Waals surface area contributed by atoms with E-state index in [0.717, 1.165) is 5.69 Å². The fourth-order valence-corrected chi connectivity index (χ4v) is 3.36. The minimum atomic E-state index is -0.576. The average molecular weight is 426 g/mol. The summed E-state index contributed by atoms with van der Waals surface area (Å²) in [7, 11) is 6.18. The largest absolute Gasteiger partial charge is 0.497 e. The van der Waals surface area contributed by atoms with E-state index < -0.39 is 5.97 Å². The van der Waals surface area contributed by atoms with Crippen LogP contribution in [-0.4, -0.2) is 55.4 Å². The van der Waals surface area contributed by atoms with E-state index in [4.69, 9.17) is 14.2 Å². The SMILES string of the molecule is COCC(C)Nc1cnc2c(c1)c(NC(=O)c1ccc(OC)cc1)c(C(=O)OC)n2C. The maximum atomic E-state index is 12.9. The first-order valence-electron chi connectivity index (χ1n) is 9.67. The number of carbonyl (C=O) groups is 2. The van der Waals surface area contributed by atoms with E-state index in [2.05, 4.69) is 15.6 Å². The number of rotatable bonds is 8. The number of aryl methyl sites for hydroxylation is 1. The molecule has 31 heavy (non-hydrogen) atoms. The zero-order chi connectivity index (χ0) is 22.5. The summed E-state index contributed by atoms with van der Waals surface area (Å²) in [6.45, 7) is 2.49. The monoisotopic (exact) mass is 426 g/mol. The number of methoxy groups -OCH3 is 3. The Morgan fingerprint density at radius 2 is 1.87 bits per heavy atom. The molecule has 0 aliphatic carbocycles. The third kappa shape index (κ3) is 4.61. The van der Waals surface area contributed by atoms with Crippen LogP contribution in [-0.2, 0) is 16.5 Å². The highest BCUT2D eigenvalue weighted by molar-refractivity contribution is 6.14. The molecular formula is C22H26N4O5. The van der Waals surface area contributed by atoms with E-state index in [1.807, 2.05) is 13.0 Å². The number of hydrogen-bond acceptors (Lipinski definition) is 7. The van der Waals surface area contributed by atoms with Crippen molar-refractivity contribution in [3.05, 3.63) is 47.8 Å². The molecule has 2 heterocycles. The quantitative estimate of drug-likeness (QED) is 0.534. The molecule has 3 rings (SSSR count). The topological polar surface area (TPSA) is 104 Å². The summed E-state index contributed by atoms with van der Waals surface area (Å²) in [4.78, 5) is 29.9. The fourth-order valence-electron chi connectivity index (χ4n) is 3.36. The van der Waals surface area contributed by atoms with Crippen LogP contribution in [0.25, 0.3) is 11.0 Å². The van der Waals surface area contributed by atoms with Gasteiger partial charge in [-0.05, 0) is 37.3 Å². The molecule has 0 saturated carbocycles. The number of aromatic nitrogens is 2. The summed E-state index contributed by atoms with van der Waals surface area (Å²) in [5.41, 5.74) is 2.23. The van der Waals surface area contributed by atoms with Crippen molar-refractivity contribution in [1.82, 2.24) is 9.55 Å². The first-order chi connectivity index (χ1) is 14.9. The van der Waals surface area contributed by atoms with Gasteiger partial charge in [-0.1, -0.05) is 0 Å². The molecule has 3 aromatic rings. The second kappa shape index (κ2) is 9.48. The van der Waals surface area contributed by atoms with Gasteiger partial charge < -0.3 is 29.4 Å². The molecule has 164 valence electrons. The standard InChI is InChI=1S/C22H26N4O5/c1-13(12-29-3)24-15-10-17-18(19(22(28)31-5)26(2)20(17)23-11-15)25-21(27)14-6-8-16(30-4)9-7-14/h6-11,13,24H,12H2,1-5H3,(H,25,27). The lowest BCUT2D eigenvalue weighted by molar-refractivity contribution is 0.0591. The number of amides is 1. The molecule has 1 amide bonds. The van der Waals surface area contributed by atoms with Crippen LogP contribution in [0.4, 0.5) is 11.4 Å². The molecule has 0 aliphatic heterocycles. The van der Waals surface area contributed by atoms with E-state index in [-0.39, 0.29) is 17.6 Å². The Labute approximate surface area is 180 Å². The van der Waals surface area contributed by atoms with Gasteiger partial charge in [-0.3, -0.25) is 4.79 Å². The lowest BCUT2D eigenvalue weighted by Crippen LogP contribution is -2.20. The smallest absolute Gasteiger partial charge is 0.356 e. The number of ether oxygens (including phenoxy) is 3. The predicted molar refractivity (Wildman–Crippen MR) is 118 cm³/mol. The highest BCUT2D eigenvalue weighted by Gasteiger charge is 2.25. The second-order valence-corrected chi connectivity index (χ2v) is 7.05. The highest BCUT2D eigenvalue weighted by Crippen LogP contribution is 2.32. The molecular weight excluding hydrogens is 400 g/mol. The van der Waals surface area contributed by atoms with E-state index in [1.165, 1.54) is 7.11 Å². The molecule has 2 N–H and O–H groups in total. The van der Waals surface area contributed by atoms with Gasteiger partial charge in [0.15, 0.2) is 5.69 Å². The van der Waals surface area contributed by atoms with Gasteiger partial charge in [-0.25, -0.2) is 9.78 Å². The maximum Gasteiger partial charge on any atom is 0.356 e. The van der Waals surface area contributed by atoms with Gasteiger partial charge in [0.1, 0.15) is 11.4 Å². The van der Waals surface area contributed by atoms with Gasteiger partial charge in [-0.2, -0.15) is 0 Å². The summed E-state index contributed by atoms with van der Waals surface area (Å²) in [5.74, 6) is -0.304. The van der Waals surface area contributed by atoms with Gasteiger partial charge in [0.05, 0.1) is 38.4 Å². The molecule has 0 fully saturated rings. The summed E-state index contributed by atoms with van der Waals surface area (Å²) in [6.07, 6.45) is 1.67. The van der Waals surface area contributed by atoms with Crippen molar-refractivity contribution >= 4 is 34.3 Å². The normalized spacial score (nSPS) is 11.8. The van der Waals surface area contributed by atoms with Crippen LogP contribution < -0.4 is 15.4 Å². The predicted octanol–water partition coefficient (Wildman–Crippen LogP) is 3.07. The van der Waals surface area contributed by atoms with Crippen LogP contribution in [0.3, 0.4) is 0 Å². The Kier molecular flexibility index (Phi) is 6.76. The Morgan fingerprint density at radius 3 is 2.48 bits per heavy atom. The molecule has 0 aliphatic rings. The number of nitrogens with one attached hydrogen (secondary N) is 2. The first kappa shape index (κ1) is 22.1. The Balaban J connectivity index is 2.04. The molecule has 1 atom stereocenters. The highest BCUT2D eigenvalue weighted by atomic mass is 16.5. The van der Waals surface area contributed by atoms with Crippen molar-refractivity contribution in [1.29, 1.82) is 0 Å². The fraction of sp³-hybridized carbons (Fsp3) is 0.318. The van der Waals surface area contributed by atoms with Crippen LogP contribution in [0.15, 0.2) is 36.5 Å². The molecule has 0 bridgehead atoms. The maximum absolute atomic E-state index is 12.9. The number of benzene rings is 1. The van der Waals surface area contributed by atoms with Gasteiger partial charge >= 0.3 is 5.97 Å². The Bertz CT molecular complexity index is 1090. The Morgan fingerprint density at radius 1 is 1.16 bits per heavy atom. The Hall–Kier alpha value is -3.59. The average Bonchev–Trinajstić information content (AvgIpc) is 3.04. The number of fused-ring (bicyclic) bond motifs is 1. The van der Waals surface area contributed by atoms with E-state index in [9.17, 15) is 9.59 Å². The van der Waals surface area contributed by atoms with E-state index >= 15 is 0 Å². The first-order valence-corrected chi connectivity index (χ1v) is 9.67. The molecule has 9 heteroatoms. The van der Waals surface area contributed by atoms with Gasteiger partial charge in [-0.15, -0.1) is 0 Å². The number of esters is 1. The van der Waals surface area contributed by atoms with Gasteiger partial charge in [0, 0.05) is 31.1 Å². The lowest BCUT2D eigenvalue weighted by Gasteiger charge is -2.14. The van der Waals surface area contributed by atoms with Crippen LogP contribution in [0.2, 0.25) is 0 Å². The molecule has 0 radical (unpaired) electrons. The number of carbonyl (C=O) groups excluding carboxylic acids is 2. The van der Waals surface area contributed by atoms with Crippen molar-refractivity contribution < 1.29 is 23.8 Å². The summed E-state index contributed by atoms with van der Waals surface area (Å²) in [5, 5.41) is 6.76. The van der Waals surface area contributed by atoms with Crippen molar-refractivity contribution in [2.45, 2.75) is 13.0 Å². The molecule has 1 unspecified atom stereocenters. The number of hydrogen-bond donors (Lipinski definition) is 2. The zero-order valence-electron chi connectivity index (χ0n) is 18.2. The van der Waals surface area contributed by atoms with Crippen molar-refractivity contribution in [3.8, 4) is 5.75 Å². The minimum Gasteiger partial charge on any atom is -0.497 e. The number of anilines is 2. The zero-order valence-corrected chi connectivity index (χ0v) is 18.2. The molecule has 2 aromatic heterocycles. The van der Waals surface area contributed by atoms with Crippen LogP contribution in [0, 0.1) is 0 Å². The molecule has 0 saturated heterocycles. The van der Waals surface area contributed by atoms with Crippen molar-refractivity contribution in [3.63, 3.8) is 0 Å². The summed E-state index contributed by atoms with van der Waals surface area (Å²) >= 11 is 0.